The average molecular weight is 345 g/mol. The van der Waals surface area contributed by atoms with E-state index < -0.39 is 0 Å². The van der Waals surface area contributed by atoms with E-state index in [-0.39, 0.29) is 12.3 Å². The number of rotatable bonds is 8. The molecule has 0 unspecified atom stereocenters. The Balaban J connectivity index is 1.76. The van der Waals surface area contributed by atoms with Crippen molar-refractivity contribution in [2.45, 2.75) is 33.6 Å². The van der Waals surface area contributed by atoms with E-state index in [9.17, 15) is 4.79 Å². The van der Waals surface area contributed by atoms with Gasteiger partial charge < -0.3 is 4.74 Å². The Morgan fingerprint density at radius 2 is 2.12 bits per heavy atom. The normalized spacial score (nSPS) is 11.2. The summed E-state index contributed by atoms with van der Waals surface area (Å²) in [5, 5.41) is 6.81. The maximum absolute atomic E-state index is 11.8. The lowest BCUT2D eigenvalue weighted by atomic mass is 10.1. The van der Waals surface area contributed by atoms with Gasteiger partial charge in [0.2, 0.25) is 5.91 Å². The first-order valence-electron chi connectivity index (χ1n) is 7.98. The number of aryl methyl sites for hydroxylation is 1. The molecule has 1 N–H and O–H groups in total. The molecule has 0 saturated carbocycles. The molecule has 0 fully saturated rings. The molecule has 0 bridgehead atoms. The number of thiazole rings is 1. The third kappa shape index (κ3) is 6.50. The SMILES string of the molecule is Cc1nc(CC(=O)NN=Cc2ccc(OCCC(C)C)cc2)cs1. The van der Waals surface area contributed by atoms with Gasteiger partial charge in [-0.1, -0.05) is 13.8 Å². The second kappa shape index (κ2) is 9.17. The van der Waals surface area contributed by atoms with E-state index >= 15 is 0 Å². The predicted molar refractivity (Wildman–Crippen MR) is 97.7 cm³/mol. The van der Waals surface area contributed by atoms with Crippen molar-refractivity contribution in [2.75, 3.05) is 6.61 Å². The zero-order valence-electron chi connectivity index (χ0n) is 14.3. The van der Waals surface area contributed by atoms with Crippen molar-refractivity contribution in [3.63, 3.8) is 0 Å². The first kappa shape index (κ1) is 18.1. The van der Waals surface area contributed by atoms with Crippen LogP contribution in [0, 0.1) is 12.8 Å². The molecule has 0 aliphatic heterocycles. The number of hydrazone groups is 1. The first-order chi connectivity index (χ1) is 11.5. The fourth-order valence-electron chi connectivity index (χ4n) is 1.93. The van der Waals surface area contributed by atoms with Gasteiger partial charge in [0.1, 0.15) is 5.75 Å². The number of nitrogens with zero attached hydrogens (tertiary/aromatic N) is 2. The molecule has 0 aliphatic carbocycles. The van der Waals surface area contributed by atoms with Gasteiger partial charge >= 0.3 is 0 Å². The molecule has 0 radical (unpaired) electrons. The molecule has 5 nitrogen and oxygen atoms in total. The number of carbonyl (C=O) groups is 1. The highest BCUT2D eigenvalue weighted by molar-refractivity contribution is 7.09. The summed E-state index contributed by atoms with van der Waals surface area (Å²) in [6.45, 7) is 6.98. The largest absolute Gasteiger partial charge is 0.494 e. The van der Waals surface area contributed by atoms with Crippen molar-refractivity contribution in [2.24, 2.45) is 11.0 Å². The van der Waals surface area contributed by atoms with Crippen LogP contribution >= 0.6 is 11.3 Å². The standard InChI is InChI=1S/C18H23N3O2S/c1-13(2)8-9-23-17-6-4-15(5-7-17)11-19-21-18(22)10-16-12-24-14(3)20-16/h4-7,11-13H,8-10H2,1-3H3,(H,21,22). The summed E-state index contributed by atoms with van der Waals surface area (Å²) < 4.78 is 5.66. The molecule has 0 spiro atoms. The van der Waals surface area contributed by atoms with Crippen molar-refractivity contribution in [3.05, 3.63) is 45.9 Å². The maximum Gasteiger partial charge on any atom is 0.246 e. The minimum atomic E-state index is -0.176. The van der Waals surface area contributed by atoms with Gasteiger partial charge in [0, 0.05) is 5.38 Å². The van der Waals surface area contributed by atoms with Gasteiger partial charge in [0.05, 0.1) is 29.9 Å². The first-order valence-corrected chi connectivity index (χ1v) is 8.86. The molecule has 1 heterocycles. The van der Waals surface area contributed by atoms with Crippen LogP contribution in [0.5, 0.6) is 5.75 Å². The molecule has 0 atom stereocenters. The Kier molecular flexibility index (Phi) is 6.93. The maximum atomic E-state index is 11.8. The number of ether oxygens (including phenoxy) is 1. The van der Waals surface area contributed by atoms with Gasteiger partial charge in [-0.05, 0) is 49.1 Å². The molecule has 24 heavy (non-hydrogen) atoms. The lowest BCUT2D eigenvalue weighted by Gasteiger charge is -2.07. The third-order valence-electron chi connectivity index (χ3n) is 3.26. The summed E-state index contributed by atoms with van der Waals surface area (Å²) in [6.07, 6.45) is 2.89. The van der Waals surface area contributed by atoms with E-state index in [1.807, 2.05) is 36.6 Å². The monoisotopic (exact) mass is 345 g/mol. The predicted octanol–water partition coefficient (Wildman–Crippen LogP) is 3.57. The number of hydrogen-bond donors (Lipinski definition) is 1. The molecule has 0 aliphatic rings. The summed E-state index contributed by atoms with van der Waals surface area (Å²) in [6, 6.07) is 7.62. The highest BCUT2D eigenvalue weighted by atomic mass is 32.1. The molecular weight excluding hydrogens is 322 g/mol. The van der Waals surface area contributed by atoms with Crippen LogP contribution in [0.3, 0.4) is 0 Å². The molecule has 0 saturated heterocycles. The Labute approximate surface area is 146 Å². The molecule has 1 aromatic heterocycles. The van der Waals surface area contributed by atoms with Gasteiger partial charge in [-0.3, -0.25) is 4.79 Å². The number of carbonyl (C=O) groups excluding carboxylic acids is 1. The second-order valence-corrected chi connectivity index (χ2v) is 6.99. The Morgan fingerprint density at radius 1 is 1.38 bits per heavy atom. The lowest BCUT2D eigenvalue weighted by Crippen LogP contribution is -2.19. The van der Waals surface area contributed by atoms with E-state index in [1.165, 1.54) is 11.3 Å². The molecule has 2 aromatic rings. The molecule has 2 rings (SSSR count). The van der Waals surface area contributed by atoms with E-state index in [0.29, 0.717) is 5.92 Å². The van der Waals surface area contributed by atoms with Crippen LogP contribution < -0.4 is 10.2 Å². The third-order valence-corrected chi connectivity index (χ3v) is 4.08. The van der Waals surface area contributed by atoms with Gasteiger partial charge in [-0.15, -0.1) is 11.3 Å². The number of aromatic nitrogens is 1. The minimum Gasteiger partial charge on any atom is -0.494 e. The van der Waals surface area contributed by atoms with Crippen LogP contribution in [-0.2, 0) is 11.2 Å². The molecule has 6 heteroatoms. The molecule has 1 aromatic carbocycles. The molecule has 128 valence electrons. The van der Waals surface area contributed by atoms with Crippen LogP contribution in [-0.4, -0.2) is 23.7 Å². The average Bonchev–Trinajstić information content (AvgIpc) is 2.93. The summed E-state index contributed by atoms with van der Waals surface area (Å²) in [4.78, 5) is 16.0. The van der Waals surface area contributed by atoms with Crippen molar-refractivity contribution in [1.29, 1.82) is 0 Å². The fraction of sp³-hybridized carbons (Fsp3) is 0.389. The highest BCUT2D eigenvalue weighted by Crippen LogP contribution is 2.12. The van der Waals surface area contributed by atoms with Gasteiger partial charge in [0.25, 0.3) is 0 Å². The van der Waals surface area contributed by atoms with Crippen LogP contribution in [0.15, 0.2) is 34.7 Å². The summed E-state index contributed by atoms with van der Waals surface area (Å²) in [5.74, 6) is 1.30. The van der Waals surface area contributed by atoms with Crippen molar-refractivity contribution >= 4 is 23.5 Å². The van der Waals surface area contributed by atoms with Gasteiger partial charge in [-0.2, -0.15) is 5.10 Å². The highest BCUT2D eigenvalue weighted by Gasteiger charge is 2.05. The Hall–Kier alpha value is -2.21. The number of hydrogen-bond acceptors (Lipinski definition) is 5. The van der Waals surface area contributed by atoms with Crippen molar-refractivity contribution in [1.82, 2.24) is 10.4 Å². The molecular formula is C18H23N3O2S. The second-order valence-electron chi connectivity index (χ2n) is 5.93. The van der Waals surface area contributed by atoms with Gasteiger partial charge in [0.15, 0.2) is 0 Å². The lowest BCUT2D eigenvalue weighted by molar-refractivity contribution is -0.120. The Morgan fingerprint density at radius 3 is 2.75 bits per heavy atom. The number of nitrogens with one attached hydrogen (secondary N) is 1. The van der Waals surface area contributed by atoms with Crippen LogP contribution in [0.1, 0.15) is 36.5 Å². The summed E-state index contributed by atoms with van der Waals surface area (Å²) >= 11 is 1.53. The zero-order valence-corrected chi connectivity index (χ0v) is 15.1. The minimum absolute atomic E-state index is 0.176. The van der Waals surface area contributed by atoms with Crippen molar-refractivity contribution in [3.8, 4) is 5.75 Å². The van der Waals surface area contributed by atoms with Crippen LogP contribution in [0.4, 0.5) is 0 Å². The topological polar surface area (TPSA) is 63.6 Å². The fourth-order valence-corrected chi connectivity index (χ4v) is 2.55. The van der Waals surface area contributed by atoms with E-state index in [2.05, 4.69) is 29.4 Å². The van der Waals surface area contributed by atoms with Crippen molar-refractivity contribution < 1.29 is 9.53 Å². The van der Waals surface area contributed by atoms with E-state index in [0.717, 1.165) is 35.0 Å². The molecule has 1 amide bonds. The number of benzene rings is 1. The summed E-state index contributed by atoms with van der Waals surface area (Å²) in [7, 11) is 0. The van der Waals surface area contributed by atoms with E-state index in [1.54, 1.807) is 6.21 Å². The summed E-state index contributed by atoms with van der Waals surface area (Å²) in [5.41, 5.74) is 4.18. The van der Waals surface area contributed by atoms with Gasteiger partial charge in [-0.25, -0.2) is 10.4 Å². The van der Waals surface area contributed by atoms with Crippen LogP contribution in [0.25, 0.3) is 0 Å². The number of amides is 1. The zero-order chi connectivity index (χ0) is 17.4. The quantitative estimate of drug-likeness (QED) is 0.587. The smallest absolute Gasteiger partial charge is 0.246 e. The van der Waals surface area contributed by atoms with Crippen LogP contribution in [0.2, 0.25) is 0 Å². The van der Waals surface area contributed by atoms with E-state index in [4.69, 9.17) is 4.74 Å². The Bertz CT molecular complexity index is 678.